The van der Waals surface area contributed by atoms with Crippen LogP contribution in [0.15, 0.2) is 24.3 Å². The molecule has 0 aromatic heterocycles. The zero-order valence-corrected chi connectivity index (χ0v) is 9.94. The quantitative estimate of drug-likeness (QED) is 0.701. The Morgan fingerprint density at radius 1 is 1.35 bits per heavy atom. The number of carbonyl (C=O) groups is 1. The summed E-state index contributed by atoms with van der Waals surface area (Å²) in [6.07, 6.45) is 0.912. The third kappa shape index (κ3) is 1.69. The first kappa shape index (κ1) is 10.6. The number of amides is 1. The number of hydrogen-bond donors (Lipinski definition) is 2. The second kappa shape index (κ2) is 4.04. The third-order valence-electron chi connectivity index (χ3n) is 3.83. The predicted molar refractivity (Wildman–Crippen MR) is 68.2 cm³/mol. The Kier molecular flexibility index (Phi) is 2.52. The highest BCUT2D eigenvalue weighted by atomic mass is 16.2. The molecule has 90 valence electrons. The average Bonchev–Trinajstić information content (AvgIpc) is 2.48. The van der Waals surface area contributed by atoms with E-state index in [1.54, 1.807) is 0 Å². The van der Waals surface area contributed by atoms with Crippen molar-refractivity contribution >= 4 is 17.3 Å². The van der Waals surface area contributed by atoms with Crippen LogP contribution in [-0.4, -0.2) is 32.1 Å². The molecule has 0 radical (unpaired) electrons. The summed E-state index contributed by atoms with van der Waals surface area (Å²) < 4.78 is 0. The van der Waals surface area contributed by atoms with Crippen LogP contribution in [0.2, 0.25) is 0 Å². The van der Waals surface area contributed by atoms with Crippen molar-refractivity contribution in [2.75, 3.05) is 30.4 Å². The number of hydrogen-bond acceptors (Lipinski definition) is 3. The maximum atomic E-state index is 12.2. The summed E-state index contributed by atoms with van der Waals surface area (Å²) in [4.78, 5) is 14.4. The molecule has 0 aliphatic carbocycles. The molecule has 2 unspecified atom stereocenters. The maximum absolute atomic E-state index is 12.2. The Morgan fingerprint density at radius 2 is 2.18 bits per heavy atom. The molecule has 17 heavy (non-hydrogen) atoms. The van der Waals surface area contributed by atoms with Crippen LogP contribution in [0.3, 0.4) is 0 Å². The standard InChI is InChI=1S/C13H17N3O/c1-16-11-5-3-2-4-10(11)15-13(17)9-6-7-14-8-12(9)16/h2-5,9,12,14H,6-8H2,1H3,(H,15,17). The zero-order valence-electron chi connectivity index (χ0n) is 9.94. The second-order valence-corrected chi connectivity index (χ2v) is 4.78. The summed E-state index contributed by atoms with van der Waals surface area (Å²) in [7, 11) is 2.07. The molecule has 1 aromatic carbocycles. The van der Waals surface area contributed by atoms with E-state index in [1.165, 1.54) is 0 Å². The summed E-state index contributed by atoms with van der Waals surface area (Å²) in [5.74, 6) is 0.252. The van der Waals surface area contributed by atoms with Gasteiger partial charge in [-0.1, -0.05) is 12.1 Å². The highest BCUT2D eigenvalue weighted by Crippen LogP contribution is 2.33. The third-order valence-corrected chi connectivity index (χ3v) is 3.83. The number of nitrogens with one attached hydrogen (secondary N) is 2. The van der Waals surface area contributed by atoms with Gasteiger partial charge >= 0.3 is 0 Å². The Morgan fingerprint density at radius 3 is 3.06 bits per heavy atom. The number of rotatable bonds is 0. The summed E-state index contributed by atoms with van der Waals surface area (Å²) in [5.41, 5.74) is 2.03. The topological polar surface area (TPSA) is 44.4 Å². The van der Waals surface area contributed by atoms with E-state index in [0.717, 1.165) is 30.9 Å². The largest absolute Gasteiger partial charge is 0.368 e. The van der Waals surface area contributed by atoms with Gasteiger partial charge in [0.15, 0.2) is 0 Å². The maximum Gasteiger partial charge on any atom is 0.229 e. The highest BCUT2D eigenvalue weighted by molar-refractivity contribution is 5.98. The molecule has 3 rings (SSSR count). The van der Waals surface area contributed by atoms with Crippen molar-refractivity contribution in [1.29, 1.82) is 0 Å². The van der Waals surface area contributed by atoms with E-state index in [0.29, 0.717) is 0 Å². The average molecular weight is 231 g/mol. The van der Waals surface area contributed by atoms with E-state index >= 15 is 0 Å². The molecular formula is C13H17N3O. The van der Waals surface area contributed by atoms with Gasteiger partial charge in [0.05, 0.1) is 23.3 Å². The lowest BCUT2D eigenvalue weighted by molar-refractivity contribution is -0.120. The fourth-order valence-electron chi connectivity index (χ4n) is 2.85. The Hall–Kier alpha value is -1.55. The van der Waals surface area contributed by atoms with Gasteiger partial charge in [-0.3, -0.25) is 4.79 Å². The molecule has 4 nitrogen and oxygen atoms in total. The van der Waals surface area contributed by atoms with Crippen molar-refractivity contribution in [2.45, 2.75) is 12.5 Å². The summed E-state index contributed by atoms with van der Waals surface area (Å²) in [6.45, 7) is 1.81. The first-order valence-electron chi connectivity index (χ1n) is 6.11. The van der Waals surface area contributed by atoms with Crippen molar-refractivity contribution in [1.82, 2.24) is 5.32 Å². The second-order valence-electron chi connectivity index (χ2n) is 4.78. The summed E-state index contributed by atoms with van der Waals surface area (Å²) >= 11 is 0. The van der Waals surface area contributed by atoms with Crippen molar-refractivity contribution in [2.24, 2.45) is 5.92 Å². The normalized spacial score (nSPS) is 27.8. The zero-order chi connectivity index (χ0) is 11.8. The van der Waals surface area contributed by atoms with Crippen LogP contribution in [-0.2, 0) is 4.79 Å². The van der Waals surface area contributed by atoms with Crippen LogP contribution in [0.4, 0.5) is 11.4 Å². The van der Waals surface area contributed by atoms with Crippen LogP contribution in [0.1, 0.15) is 6.42 Å². The minimum Gasteiger partial charge on any atom is -0.368 e. The first-order chi connectivity index (χ1) is 8.27. The number of likely N-dealkylation sites (N-methyl/N-ethyl adjacent to an activating group) is 1. The lowest BCUT2D eigenvalue weighted by Gasteiger charge is -2.36. The van der Waals surface area contributed by atoms with Crippen LogP contribution in [0.25, 0.3) is 0 Å². The van der Waals surface area contributed by atoms with Gasteiger partial charge in [0.1, 0.15) is 0 Å². The van der Waals surface area contributed by atoms with E-state index in [2.05, 4.69) is 28.6 Å². The van der Waals surface area contributed by atoms with Gasteiger partial charge in [-0.15, -0.1) is 0 Å². The minimum atomic E-state index is 0.0913. The molecule has 2 heterocycles. The summed E-state index contributed by atoms with van der Waals surface area (Å²) in [6, 6.07) is 8.26. The van der Waals surface area contributed by atoms with Gasteiger partial charge in [0, 0.05) is 13.6 Å². The molecule has 2 aliphatic rings. The number of nitrogens with zero attached hydrogens (tertiary/aromatic N) is 1. The Labute approximate surface area is 101 Å². The van der Waals surface area contributed by atoms with Gasteiger partial charge in [-0.05, 0) is 25.1 Å². The molecule has 0 spiro atoms. The molecule has 2 aliphatic heterocycles. The van der Waals surface area contributed by atoms with Crippen LogP contribution in [0.5, 0.6) is 0 Å². The van der Waals surface area contributed by atoms with Gasteiger partial charge < -0.3 is 15.5 Å². The number of benzene rings is 1. The first-order valence-corrected chi connectivity index (χ1v) is 6.11. The van der Waals surface area contributed by atoms with E-state index in [9.17, 15) is 4.79 Å². The van der Waals surface area contributed by atoms with Crippen LogP contribution >= 0.6 is 0 Å². The van der Waals surface area contributed by atoms with Crippen molar-refractivity contribution in [3.63, 3.8) is 0 Å². The predicted octanol–water partition coefficient (Wildman–Crippen LogP) is 1.05. The molecule has 2 atom stereocenters. The van der Waals surface area contributed by atoms with Crippen molar-refractivity contribution < 1.29 is 4.79 Å². The van der Waals surface area contributed by atoms with Crippen molar-refractivity contribution in [3.05, 3.63) is 24.3 Å². The fraction of sp³-hybridized carbons (Fsp3) is 0.462. The van der Waals surface area contributed by atoms with Gasteiger partial charge in [0.25, 0.3) is 0 Å². The van der Waals surface area contributed by atoms with E-state index in [-0.39, 0.29) is 17.9 Å². The number of carbonyl (C=O) groups excluding carboxylic acids is 1. The smallest absolute Gasteiger partial charge is 0.229 e. The fourth-order valence-corrected chi connectivity index (χ4v) is 2.85. The minimum absolute atomic E-state index is 0.0913. The van der Waals surface area contributed by atoms with E-state index in [4.69, 9.17) is 0 Å². The molecule has 0 saturated carbocycles. The summed E-state index contributed by atoms with van der Waals surface area (Å²) in [5, 5.41) is 6.42. The lowest BCUT2D eigenvalue weighted by Crippen LogP contribution is -2.52. The molecule has 4 heteroatoms. The molecule has 2 N–H and O–H groups in total. The SMILES string of the molecule is CN1c2ccccc2NC(=O)C2CCNCC21. The van der Waals surface area contributed by atoms with Crippen LogP contribution < -0.4 is 15.5 Å². The number of piperidine rings is 1. The molecule has 1 fully saturated rings. The van der Waals surface area contributed by atoms with Crippen molar-refractivity contribution in [3.8, 4) is 0 Å². The molecule has 1 saturated heterocycles. The number of para-hydroxylation sites is 2. The Balaban J connectivity index is 2.04. The number of fused-ring (bicyclic) bond motifs is 2. The van der Waals surface area contributed by atoms with E-state index < -0.39 is 0 Å². The molecule has 1 amide bonds. The monoisotopic (exact) mass is 231 g/mol. The molecular weight excluding hydrogens is 214 g/mol. The molecule has 1 aromatic rings. The van der Waals surface area contributed by atoms with Gasteiger partial charge in [0.2, 0.25) is 5.91 Å². The Bertz CT molecular complexity index is 446. The number of anilines is 2. The van der Waals surface area contributed by atoms with E-state index in [1.807, 2.05) is 18.2 Å². The lowest BCUT2D eigenvalue weighted by atomic mass is 9.91. The van der Waals surface area contributed by atoms with Gasteiger partial charge in [-0.25, -0.2) is 0 Å². The molecule has 0 bridgehead atoms. The van der Waals surface area contributed by atoms with Crippen LogP contribution in [0, 0.1) is 5.92 Å². The van der Waals surface area contributed by atoms with Gasteiger partial charge in [-0.2, -0.15) is 0 Å². The highest BCUT2D eigenvalue weighted by Gasteiger charge is 2.36.